The van der Waals surface area contributed by atoms with Crippen molar-refractivity contribution in [2.24, 2.45) is 5.73 Å². The van der Waals surface area contributed by atoms with E-state index in [-0.39, 0.29) is 12.3 Å². The van der Waals surface area contributed by atoms with Crippen molar-refractivity contribution >= 4 is 23.9 Å². The van der Waals surface area contributed by atoms with Crippen molar-refractivity contribution in [2.45, 2.75) is 33.0 Å². The molecule has 0 saturated carbocycles. The summed E-state index contributed by atoms with van der Waals surface area (Å²) in [5, 5.41) is 4.62. The number of nitrogens with two attached hydrogens (primary N) is 1. The molecule has 2 N–H and O–H groups in total. The third-order valence-corrected chi connectivity index (χ3v) is 5.02. The van der Waals surface area contributed by atoms with Gasteiger partial charge in [-0.3, -0.25) is 9.69 Å². The third kappa shape index (κ3) is 4.28. The molecule has 8 nitrogen and oxygen atoms in total. The Kier molecular flexibility index (Phi) is 6.00. The normalized spacial score (nSPS) is 15.3. The molecule has 140 valence electrons. The van der Waals surface area contributed by atoms with E-state index in [1.165, 1.54) is 0 Å². The first-order chi connectivity index (χ1) is 12.6. The van der Waals surface area contributed by atoms with Crippen molar-refractivity contribution < 1.29 is 4.79 Å². The van der Waals surface area contributed by atoms with E-state index < -0.39 is 0 Å². The zero-order chi connectivity index (χ0) is 18.5. The molecular weight excluding hydrogens is 350 g/mol. The smallest absolute Gasteiger partial charge is 0.217 e. The Morgan fingerprint density at radius 1 is 1.27 bits per heavy atom. The first-order valence-corrected chi connectivity index (χ1v) is 9.32. The van der Waals surface area contributed by atoms with E-state index in [0.717, 1.165) is 44.4 Å². The number of pyridine rings is 1. The first-order valence-electron chi connectivity index (χ1n) is 8.91. The molecule has 0 spiro atoms. The molecule has 3 heterocycles. The molecule has 1 aliphatic heterocycles. The van der Waals surface area contributed by atoms with Gasteiger partial charge in [-0.05, 0) is 31.3 Å². The lowest BCUT2D eigenvalue weighted by atomic mass is 10.3. The van der Waals surface area contributed by atoms with E-state index in [1.807, 2.05) is 40.6 Å². The van der Waals surface area contributed by atoms with Gasteiger partial charge in [-0.15, -0.1) is 0 Å². The number of rotatable bonds is 7. The van der Waals surface area contributed by atoms with Crippen molar-refractivity contribution in [3.8, 4) is 0 Å². The summed E-state index contributed by atoms with van der Waals surface area (Å²) in [6.07, 6.45) is 2.63. The molecule has 1 aliphatic rings. The second kappa shape index (κ2) is 8.41. The topological polar surface area (TPSA) is 85.2 Å². The van der Waals surface area contributed by atoms with Crippen LogP contribution in [0, 0.1) is 4.77 Å². The van der Waals surface area contributed by atoms with E-state index in [0.29, 0.717) is 17.9 Å². The van der Waals surface area contributed by atoms with Crippen molar-refractivity contribution in [2.75, 3.05) is 31.1 Å². The number of hydrogen-bond donors (Lipinski definition) is 1. The molecule has 3 rings (SSSR count). The van der Waals surface area contributed by atoms with Gasteiger partial charge in [0.25, 0.3) is 0 Å². The summed E-state index contributed by atoms with van der Waals surface area (Å²) in [4.78, 5) is 20.1. The minimum atomic E-state index is -0.321. The van der Waals surface area contributed by atoms with Crippen LogP contribution in [0.15, 0.2) is 24.4 Å². The van der Waals surface area contributed by atoms with Gasteiger partial charge in [0.05, 0.1) is 6.67 Å². The number of carbonyl (C=O) groups is 1. The van der Waals surface area contributed by atoms with E-state index in [1.54, 1.807) is 0 Å². The van der Waals surface area contributed by atoms with Gasteiger partial charge in [0.15, 0.2) is 4.77 Å². The number of aromatic nitrogens is 4. The van der Waals surface area contributed by atoms with E-state index in [4.69, 9.17) is 18.0 Å². The molecule has 1 saturated heterocycles. The van der Waals surface area contributed by atoms with Crippen LogP contribution in [-0.2, 0) is 24.4 Å². The fraction of sp³-hybridized carbons (Fsp3) is 0.529. The number of aryl methyl sites for hydroxylation is 1. The van der Waals surface area contributed by atoms with Crippen LogP contribution in [0.4, 0.5) is 5.82 Å². The Labute approximate surface area is 158 Å². The molecule has 0 radical (unpaired) electrons. The summed E-state index contributed by atoms with van der Waals surface area (Å²) >= 11 is 5.56. The number of hydrogen-bond acceptors (Lipinski definition) is 6. The Hall–Kier alpha value is -2.26. The van der Waals surface area contributed by atoms with Crippen molar-refractivity contribution in [3.05, 3.63) is 35.0 Å². The molecule has 1 amide bonds. The van der Waals surface area contributed by atoms with Crippen molar-refractivity contribution in [1.29, 1.82) is 0 Å². The lowest BCUT2D eigenvalue weighted by Gasteiger charge is -2.35. The maximum Gasteiger partial charge on any atom is 0.217 e. The summed E-state index contributed by atoms with van der Waals surface area (Å²) in [5.74, 6) is 1.52. The molecule has 0 bridgehead atoms. The largest absolute Gasteiger partial charge is 0.370 e. The average Bonchev–Trinajstić information content (AvgIpc) is 2.96. The number of piperazine rings is 1. The van der Waals surface area contributed by atoms with Gasteiger partial charge in [-0.1, -0.05) is 6.07 Å². The number of anilines is 1. The first kappa shape index (κ1) is 18.5. The summed E-state index contributed by atoms with van der Waals surface area (Å²) in [5.41, 5.74) is 5.26. The molecule has 9 heteroatoms. The Bertz CT molecular complexity index is 793. The number of amides is 1. The molecule has 0 atom stereocenters. The molecule has 26 heavy (non-hydrogen) atoms. The molecular formula is C17H25N7OS. The molecule has 0 unspecified atom stereocenters. The van der Waals surface area contributed by atoms with Crippen LogP contribution < -0.4 is 10.6 Å². The molecule has 2 aromatic heterocycles. The monoisotopic (exact) mass is 375 g/mol. The Morgan fingerprint density at radius 2 is 2.04 bits per heavy atom. The van der Waals surface area contributed by atoms with Gasteiger partial charge in [-0.25, -0.2) is 9.67 Å². The number of nitrogens with zero attached hydrogens (tertiary/aromatic N) is 6. The summed E-state index contributed by atoms with van der Waals surface area (Å²) in [7, 11) is 0. The number of primary amides is 1. The fourth-order valence-corrected chi connectivity index (χ4v) is 3.50. The highest BCUT2D eigenvalue weighted by atomic mass is 32.1. The minimum Gasteiger partial charge on any atom is -0.370 e. The maximum absolute atomic E-state index is 11.1. The van der Waals surface area contributed by atoms with Crippen LogP contribution in [0.25, 0.3) is 0 Å². The van der Waals surface area contributed by atoms with E-state index in [2.05, 4.69) is 19.9 Å². The molecule has 1 fully saturated rings. The lowest BCUT2D eigenvalue weighted by Crippen LogP contribution is -2.47. The van der Waals surface area contributed by atoms with Gasteiger partial charge < -0.3 is 15.2 Å². The predicted molar refractivity (Wildman–Crippen MR) is 102 cm³/mol. The van der Waals surface area contributed by atoms with E-state index in [9.17, 15) is 4.79 Å². The quantitative estimate of drug-likeness (QED) is 0.728. The van der Waals surface area contributed by atoms with Gasteiger partial charge in [0, 0.05) is 51.8 Å². The highest BCUT2D eigenvalue weighted by Crippen LogP contribution is 2.13. The van der Waals surface area contributed by atoms with Crippen LogP contribution >= 0.6 is 12.2 Å². The summed E-state index contributed by atoms with van der Waals surface area (Å²) < 4.78 is 4.52. The zero-order valence-electron chi connectivity index (χ0n) is 15.0. The van der Waals surface area contributed by atoms with Crippen LogP contribution in [0.5, 0.6) is 0 Å². The van der Waals surface area contributed by atoms with E-state index >= 15 is 0 Å². The fourth-order valence-electron chi connectivity index (χ4n) is 3.16. The Balaban J connectivity index is 1.63. The summed E-state index contributed by atoms with van der Waals surface area (Å²) in [6, 6.07) is 5.99. The highest BCUT2D eigenvalue weighted by Gasteiger charge is 2.19. The zero-order valence-corrected chi connectivity index (χ0v) is 15.9. The van der Waals surface area contributed by atoms with Gasteiger partial charge in [-0.2, -0.15) is 5.10 Å². The second-order valence-corrected chi connectivity index (χ2v) is 6.71. The van der Waals surface area contributed by atoms with Crippen LogP contribution in [-0.4, -0.2) is 56.3 Å². The summed E-state index contributed by atoms with van der Waals surface area (Å²) in [6.45, 7) is 7.12. The van der Waals surface area contributed by atoms with Crippen LogP contribution in [0.2, 0.25) is 0 Å². The average molecular weight is 376 g/mol. The highest BCUT2D eigenvalue weighted by molar-refractivity contribution is 7.71. The Morgan fingerprint density at radius 3 is 2.65 bits per heavy atom. The third-order valence-electron chi connectivity index (χ3n) is 4.59. The minimum absolute atomic E-state index is 0.286. The molecule has 0 aliphatic carbocycles. The number of carbonyl (C=O) groups excluding carboxylic acids is 1. The van der Waals surface area contributed by atoms with Crippen molar-refractivity contribution in [1.82, 2.24) is 24.2 Å². The standard InChI is InChI=1S/C17H25N7OS/c1-2-23-16(7-6-14(18)25)20-24(17(23)26)13-21-9-11-22(12-10-21)15-5-3-4-8-19-15/h3-5,8H,2,6-7,9-13H2,1H3,(H2,18,25). The van der Waals surface area contributed by atoms with Gasteiger partial charge in [0.2, 0.25) is 5.91 Å². The maximum atomic E-state index is 11.1. The predicted octanol–water partition coefficient (Wildman–Crippen LogP) is 1.03. The van der Waals surface area contributed by atoms with Crippen LogP contribution in [0.1, 0.15) is 19.2 Å². The van der Waals surface area contributed by atoms with Gasteiger partial charge in [0.1, 0.15) is 11.6 Å². The van der Waals surface area contributed by atoms with Crippen LogP contribution in [0.3, 0.4) is 0 Å². The molecule has 0 aromatic carbocycles. The van der Waals surface area contributed by atoms with Gasteiger partial charge >= 0.3 is 0 Å². The lowest BCUT2D eigenvalue weighted by molar-refractivity contribution is -0.118. The second-order valence-electron chi connectivity index (χ2n) is 6.34. The molecule has 2 aromatic rings. The SMILES string of the molecule is CCn1c(CCC(N)=O)nn(CN2CCN(c3ccccn3)CC2)c1=S. The van der Waals surface area contributed by atoms with Crippen molar-refractivity contribution in [3.63, 3.8) is 0 Å².